The summed E-state index contributed by atoms with van der Waals surface area (Å²) >= 11 is 0. The Morgan fingerprint density at radius 1 is 1.00 bits per heavy atom. The van der Waals surface area contributed by atoms with Gasteiger partial charge in [0.2, 0.25) is 0 Å². The smallest absolute Gasteiger partial charge is 0.0212 e. The first-order chi connectivity index (χ1) is 7.71. The van der Waals surface area contributed by atoms with E-state index in [1.54, 1.807) is 0 Å². The highest BCUT2D eigenvalue weighted by Gasteiger charge is 2.49. The first kappa shape index (κ1) is 11.1. The van der Waals surface area contributed by atoms with Crippen molar-refractivity contribution >= 4 is 0 Å². The van der Waals surface area contributed by atoms with E-state index >= 15 is 0 Å². The SMILES string of the molecule is CC(C)C1CC(N2CCCCC23CCC3)C1. The summed E-state index contributed by atoms with van der Waals surface area (Å²) in [5.41, 5.74) is 0.699. The second kappa shape index (κ2) is 4.01. The molecule has 3 rings (SSSR count). The van der Waals surface area contributed by atoms with Crippen molar-refractivity contribution < 1.29 is 0 Å². The quantitative estimate of drug-likeness (QED) is 0.685. The molecule has 1 heterocycles. The maximum absolute atomic E-state index is 2.94. The van der Waals surface area contributed by atoms with E-state index in [4.69, 9.17) is 0 Å². The third-order valence-electron chi connectivity index (χ3n) is 5.72. The molecule has 0 amide bonds. The Labute approximate surface area is 101 Å². The summed E-state index contributed by atoms with van der Waals surface area (Å²) in [6.45, 7) is 6.21. The minimum atomic E-state index is 0.699. The molecule has 92 valence electrons. The molecular weight excluding hydrogens is 194 g/mol. The zero-order valence-electron chi connectivity index (χ0n) is 11.0. The molecule has 2 saturated carbocycles. The lowest BCUT2D eigenvalue weighted by atomic mass is 9.65. The van der Waals surface area contributed by atoms with Crippen LogP contribution < -0.4 is 0 Å². The van der Waals surface area contributed by atoms with Crippen LogP contribution in [0, 0.1) is 11.8 Å². The lowest BCUT2D eigenvalue weighted by molar-refractivity contribution is -0.0865. The van der Waals surface area contributed by atoms with E-state index < -0.39 is 0 Å². The van der Waals surface area contributed by atoms with Gasteiger partial charge in [0.1, 0.15) is 0 Å². The molecule has 2 aliphatic carbocycles. The molecule has 3 fully saturated rings. The van der Waals surface area contributed by atoms with Gasteiger partial charge < -0.3 is 0 Å². The second-order valence-electron chi connectivity index (χ2n) is 6.86. The van der Waals surface area contributed by atoms with Crippen LogP contribution in [-0.2, 0) is 0 Å². The Hall–Kier alpha value is -0.0400. The minimum absolute atomic E-state index is 0.699. The van der Waals surface area contributed by atoms with E-state index in [1.165, 1.54) is 57.9 Å². The highest BCUT2D eigenvalue weighted by atomic mass is 15.2. The summed E-state index contributed by atoms with van der Waals surface area (Å²) in [6.07, 6.45) is 12.0. The normalized spacial score (nSPS) is 38.4. The zero-order valence-corrected chi connectivity index (χ0v) is 11.0. The Bertz CT molecular complexity index is 248. The van der Waals surface area contributed by atoms with Crippen molar-refractivity contribution in [2.24, 2.45) is 11.8 Å². The average molecular weight is 221 g/mol. The van der Waals surface area contributed by atoms with E-state index in [0.717, 1.165) is 17.9 Å². The third kappa shape index (κ3) is 1.63. The van der Waals surface area contributed by atoms with Crippen LogP contribution in [-0.4, -0.2) is 23.0 Å². The minimum Gasteiger partial charge on any atom is -0.295 e. The van der Waals surface area contributed by atoms with Crippen LogP contribution in [0.1, 0.15) is 65.2 Å². The van der Waals surface area contributed by atoms with Crippen molar-refractivity contribution in [3.05, 3.63) is 0 Å². The fraction of sp³-hybridized carbons (Fsp3) is 1.00. The van der Waals surface area contributed by atoms with Crippen LogP contribution in [0.4, 0.5) is 0 Å². The average Bonchev–Trinajstić information content (AvgIpc) is 2.13. The highest BCUT2D eigenvalue weighted by molar-refractivity contribution is 5.04. The summed E-state index contributed by atoms with van der Waals surface area (Å²) in [4.78, 5) is 2.94. The number of piperidine rings is 1. The largest absolute Gasteiger partial charge is 0.295 e. The molecule has 0 bridgehead atoms. The summed E-state index contributed by atoms with van der Waals surface area (Å²) in [5, 5.41) is 0. The van der Waals surface area contributed by atoms with Crippen LogP contribution in [0.2, 0.25) is 0 Å². The summed E-state index contributed by atoms with van der Waals surface area (Å²) in [6, 6.07) is 0.966. The number of likely N-dealkylation sites (tertiary alicyclic amines) is 1. The Morgan fingerprint density at radius 2 is 1.69 bits per heavy atom. The molecule has 0 unspecified atom stereocenters. The molecule has 1 aliphatic heterocycles. The zero-order chi connectivity index (χ0) is 11.2. The molecule has 0 aromatic rings. The second-order valence-corrected chi connectivity index (χ2v) is 6.86. The van der Waals surface area contributed by atoms with E-state index in [1.807, 2.05) is 0 Å². The third-order valence-corrected chi connectivity index (χ3v) is 5.72. The molecule has 0 aromatic carbocycles. The predicted octanol–water partition coefficient (Wildman–Crippen LogP) is 3.83. The topological polar surface area (TPSA) is 3.24 Å². The van der Waals surface area contributed by atoms with E-state index in [-0.39, 0.29) is 0 Å². The molecule has 16 heavy (non-hydrogen) atoms. The van der Waals surface area contributed by atoms with Gasteiger partial charge in [-0.15, -0.1) is 0 Å². The van der Waals surface area contributed by atoms with Crippen molar-refractivity contribution in [3.63, 3.8) is 0 Å². The monoisotopic (exact) mass is 221 g/mol. The van der Waals surface area contributed by atoms with Gasteiger partial charge in [0.15, 0.2) is 0 Å². The molecule has 0 N–H and O–H groups in total. The first-order valence-electron chi connectivity index (χ1n) is 7.48. The van der Waals surface area contributed by atoms with Gasteiger partial charge in [0.25, 0.3) is 0 Å². The molecular formula is C15H27N. The van der Waals surface area contributed by atoms with Crippen LogP contribution in [0.25, 0.3) is 0 Å². The summed E-state index contributed by atoms with van der Waals surface area (Å²) in [7, 11) is 0. The summed E-state index contributed by atoms with van der Waals surface area (Å²) in [5.74, 6) is 1.95. The maximum atomic E-state index is 2.94. The fourth-order valence-corrected chi connectivity index (χ4v) is 4.24. The van der Waals surface area contributed by atoms with Gasteiger partial charge in [-0.2, -0.15) is 0 Å². The van der Waals surface area contributed by atoms with Gasteiger partial charge in [-0.05, 0) is 63.3 Å². The number of hydrogen-bond donors (Lipinski definition) is 0. The van der Waals surface area contributed by atoms with Gasteiger partial charge >= 0.3 is 0 Å². The number of hydrogen-bond acceptors (Lipinski definition) is 1. The van der Waals surface area contributed by atoms with Gasteiger partial charge in [0, 0.05) is 11.6 Å². The summed E-state index contributed by atoms with van der Waals surface area (Å²) < 4.78 is 0. The first-order valence-corrected chi connectivity index (χ1v) is 7.48. The van der Waals surface area contributed by atoms with Crippen molar-refractivity contribution in [2.75, 3.05) is 6.54 Å². The molecule has 0 atom stereocenters. The van der Waals surface area contributed by atoms with Gasteiger partial charge in [0.05, 0.1) is 0 Å². The van der Waals surface area contributed by atoms with Gasteiger partial charge in [-0.1, -0.05) is 20.3 Å². The lowest BCUT2D eigenvalue weighted by Gasteiger charge is -2.59. The van der Waals surface area contributed by atoms with Crippen LogP contribution in [0.3, 0.4) is 0 Å². The Kier molecular flexibility index (Phi) is 2.78. The van der Waals surface area contributed by atoms with Crippen LogP contribution >= 0.6 is 0 Å². The lowest BCUT2D eigenvalue weighted by Crippen LogP contribution is -2.62. The molecule has 1 heteroatoms. The van der Waals surface area contributed by atoms with E-state index in [0.29, 0.717) is 5.54 Å². The van der Waals surface area contributed by atoms with Crippen molar-refractivity contribution in [3.8, 4) is 0 Å². The van der Waals surface area contributed by atoms with Crippen LogP contribution in [0.15, 0.2) is 0 Å². The highest BCUT2D eigenvalue weighted by Crippen LogP contribution is 2.49. The van der Waals surface area contributed by atoms with Crippen molar-refractivity contribution in [2.45, 2.75) is 76.8 Å². The van der Waals surface area contributed by atoms with Gasteiger partial charge in [-0.3, -0.25) is 4.90 Å². The van der Waals surface area contributed by atoms with Crippen molar-refractivity contribution in [1.82, 2.24) is 4.90 Å². The van der Waals surface area contributed by atoms with E-state index in [9.17, 15) is 0 Å². The number of nitrogens with zero attached hydrogens (tertiary/aromatic N) is 1. The molecule has 1 saturated heterocycles. The maximum Gasteiger partial charge on any atom is 0.0212 e. The van der Waals surface area contributed by atoms with Gasteiger partial charge in [-0.25, -0.2) is 0 Å². The molecule has 3 aliphatic rings. The fourth-order valence-electron chi connectivity index (χ4n) is 4.24. The molecule has 0 aromatic heterocycles. The Balaban J connectivity index is 1.61. The predicted molar refractivity (Wildman–Crippen MR) is 68.5 cm³/mol. The number of rotatable bonds is 2. The Morgan fingerprint density at radius 3 is 2.25 bits per heavy atom. The molecule has 1 nitrogen and oxygen atoms in total. The van der Waals surface area contributed by atoms with Crippen molar-refractivity contribution in [1.29, 1.82) is 0 Å². The van der Waals surface area contributed by atoms with Crippen LogP contribution in [0.5, 0.6) is 0 Å². The molecule has 1 spiro atoms. The van der Waals surface area contributed by atoms with E-state index in [2.05, 4.69) is 18.7 Å². The standard InChI is InChI=1S/C15H27N/c1-12(2)13-10-14(11-13)16-9-4-3-6-15(16)7-5-8-15/h12-14H,3-11H2,1-2H3. The molecule has 0 radical (unpaired) electrons.